The standard InChI is InChI=1S/C11H8N4O2.Na.H/c16-9-8(7-4-2-1-3-5-7)10(17)15-11(14-9)12-6-13-15;;/h1-6,17H,(H,12,13,14,16);;. The molecule has 3 rings (SSSR count). The summed E-state index contributed by atoms with van der Waals surface area (Å²) in [5.74, 6) is -0.301. The molecule has 2 heterocycles. The maximum atomic E-state index is 10.0. The number of aromatic nitrogens is 4. The van der Waals surface area contributed by atoms with Crippen LogP contribution in [0.25, 0.3) is 16.9 Å². The molecule has 6 nitrogen and oxygen atoms in total. The Hall–Kier alpha value is -1.63. The average molecular weight is 252 g/mol. The number of rotatable bonds is 1. The number of hydrogen-bond donors (Lipinski definition) is 2. The van der Waals surface area contributed by atoms with Crippen molar-refractivity contribution >= 4 is 35.3 Å². The summed E-state index contributed by atoms with van der Waals surface area (Å²) in [5.41, 5.74) is 0.899. The number of benzene rings is 1. The SMILES string of the molecule is Oc1nc2ncnn2c(O)c1-c1ccccc1.[NaH]. The molecule has 0 fully saturated rings. The second kappa shape index (κ2) is 4.93. The van der Waals surface area contributed by atoms with Gasteiger partial charge in [0.15, 0.2) is 0 Å². The number of fused-ring (bicyclic) bond motifs is 1. The van der Waals surface area contributed by atoms with Crippen LogP contribution in [0.2, 0.25) is 0 Å². The molecule has 2 N–H and O–H groups in total. The monoisotopic (exact) mass is 252 g/mol. The summed E-state index contributed by atoms with van der Waals surface area (Å²) in [6.45, 7) is 0. The van der Waals surface area contributed by atoms with Gasteiger partial charge in [0.1, 0.15) is 11.9 Å². The van der Waals surface area contributed by atoms with Gasteiger partial charge in [0.05, 0.1) is 0 Å². The maximum absolute atomic E-state index is 10.0. The summed E-state index contributed by atoms with van der Waals surface area (Å²) >= 11 is 0. The quantitative estimate of drug-likeness (QED) is 0.618. The number of nitrogens with zero attached hydrogens (tertiary/aromatic N) is 4. The Morgan fingerprint density at radius 2 is 1.78 bits per heavy atom. The molecule has 0 saturated carbocycles. The van der Waals surface area contributed by atoms with Gasteiger partial charge < -0.3 is 10.2 Å². The van der Waals surface area contributed by atoms with E-state index in [0.29, 0.717) is 5.56 Å². The predicted molar refractivity (Wildman–Crippen MR) is 66.7 cm³/mol. The van der Waals surface area contributed by atoms with Crippen molar-refractivity contribution in [3.05, 3.63) is 36.7 Å². The Morgan fingerprint density at radius 3 is 2.50 bits per heavy atom. The van der Waals surface area contributed by atoms with Crippen molar-refractivity contribution in [1.82, 2.24) is 19.6 Å². The van der Waals surface area contributed by atoms with E-state index in [1.807, 2.05) is 6.07 Å². The van der Waals surface area contributed by atoms with Crippen molar-refractivity contribution in [3.8, 4) is 22.9 Å². The summed E-state index contributed by atoms with van der Waals surface area (Å²) in [6, 6.07) is 8.98. The molecule has 0 atom stereocenters. The molecule has 18 heavy (non-hydrogen) atoms. The van der Waals surface area contributed by atoms with Crippen LogP contribution in [-0.4, -0.2) is 59.4 Å². The van der Waals surface area contributed by atoms with Gasteiger partial charge in [0.25, 0.3) is 5.78 Å². The van der Waals surface area contributed by atoms with Crippen molar-refractivity contribution in [3.63, 3.8) is 0 Å². The Bertz CT molecular complexity index is 684. The second-order valence-electron chi connectivity index (χ2n) is 3.47. The minimum absolute atomic E-state index is 0. The van der Waals surface area contributed by atoms with Crippen molar-refractivity contribution in [2.75, 3.05) is 0 Å². The molecule has 0 spiro atoms. The molecule has 0 bridgehead atoms. The fraction of sp³-hybridized carbons (Fsp3) is 0. The van der Waals surface area contributed by atoms with Crippen LogP contribution in [0.5, 0.6) is 11.8 Å². The van der Waals surface area contributed by atoms with Crippen molar-refractivity contribution in [2.45, 2.75) is 0 Å². The summed E-state index contributed by atoms with van der Waals surface area (Å²) in [4.78, 5) is 7.65. The van der Waals surface area contributed by atoms with E-state index in [0.717, 1.165) is 0 Å². The van der Waals surface area contributed by atoms with Gasteiger partial charge in [-0.1, -0.05) is 30.3 Å². The third-order valence-electron chi connectivity index (χ3n) is 2.45. The zero-order valence-electron chi connectivity index (χ0n) is 8.65. The van der Waals surface area contributed by atoms with E-state index in [-0.39, 0.29) is 52.7 Å². The number of aromatic hydroxyl groups is 2. The van der Waals surface area contributed by atoms with Gasteiger partial charge in [-0.3, -0.25) is 0 Å². The average Bonchev–Trinajstić information content (AvgIpc) is 2.78. The van der Waals surface area contributed by atoms with E-state index >= 15 is 0 Å². The van der Waals surface area contributed by atoms with Gasteiger partial charge >= 0.3 is 29.6 Å². The molecule has 0 aliphatic heterocycles. The van der Waals surface area contributed by atoms with Crippen LogP contribution in [0.1, 0.15) is 0 Å². The van der Waals surface area contributed by atoms with E-state index in [1.54, 1.807) is 24.3 Å². The molecule has 7 heteroatoms. The Labute approximate surface area is 124 Å². The summed E-state index contributed by atoms with van der Waals surface area (Å²) in [7, 11) is 0. The number of hydrogen-bond acceptors (Lipinski definition) is 5. The fourth-order valence-electron chi connectivity index (χ4n) is 1.68. The third-order valence-corrected chi connectivity index (χ3v) is 2.45. The molecule has 0 aliphatic rings. The van der Waals surface area contributed by atoms with Gasteiger partial charge in [0, 0.05) is 0 Å². The first kappa shape index (κ1) is 12.8. The molecule has 86 valence electrons. The van der Waals surface area contributed by atoms with Gasteiger partial charge in [0.2, 0.25) is 11.8 Å². The molecular weight excluding hydrogens is 243 g/mol. The van der Waals surface area contributed by atoms with E-state index in [2.05, 4.69) is 15.1 Å². The molecular formula is C11H9N4NaO2. The normalized spacial score (nSPS) is 10.2. The Kier molecular flexibility index (Phi) is 3.51. The van der Waals surface area contributed by atoms with Crippen LogP contribution < -0.4 is 0 Å². The summed E-state index contributed by atoms with van der Waals surface area (Å²) in [5, 5.41) is 23.7. The molecule has 0 aliphatic carbocycles. The van der Waals surface area contributed by atoms with Crippen LogP contribution >= 0.6 is 0 Å². The van der Waals surface area contributed by atoms with Gasteiger partial charge in [-0.25, -0.2) is 0 Å². The van der Waals surface area contributed by atoms with E-state index < -0.39 is 0 Å². The van der Waals surface area contributed by atoms with Crippen LogP contribution in [0.4, 0.5) is 0 Å². The van der Waals surface area contributed by atoms with Crippen molar-refractivity contribution in [1.29, 1.82) is 0 Å². The summed E-state index contributed by atoms with van der Waals surface area (Å²) in [6.07, 6.45) is 1.26. The van der Waals surface area contributed by atoms with E-state index in [4.69, 9.17) is 0 Å². The first-order chi connectivity index (χ1) is 8.27. The third kappa shape index (κ3) is 1.94. The Morgan fingerprint density at radius 1 is 1.06 bits per heavy atom. The predicted octanol–water partition coefficient (Wildman–Crippen LogP) is 0.554. The van der Waals surface area contributed by atoms with Crippen LogP contribution in [0.15, 0.2) is 36.7 Å². The van der Waals surface area contributed by atoms with Crippen LogP contribution in [0.3, 0.4) is 0 Å². The molecule has 0 amide bonds. The molecule has 3 aromatic rings. The topological polar surface area (TPSA) is 83.5 Å². The zero-order chi connectivity index (χ0) is 11.8. The first-order valence-corrected chi connectivity index (χ1v) is 4.94. The molecule has 0 unspecified atom stereocenters. The molecule has 2 aromatic heterocycles. The summed E-state index contributed by atoms with van der Waals surface area (Å²) < 4.78 is 1.17. The minimum atomic E-state index is -0.269. The second-order valence-corrected chi connectivity index (χ2v) is 3.47. The fourth-order valence-corrected chi connectivity index (χ4v) is 1.68. The zero-order valence-corrected chi connectivity index (χ0v) is 8.65. The van der Waals surface area contributed by atoms with Gasteiger partial charge in [-0.05, 0) is 5.56 Å². The van der Waals surface area contributed by atoms with E-state index in [9.17, 15) is 10.2 Å². The van der Waals surface area contributed by atoms with E-state index in [1.165, 1.54) is 10.8 Å². The Balaban J connectivity index is 0.00000120. The van der Waals surface area contributed by atoms with Crippen LogP contribution in [-0.2, 0) is 0 Å². The van der Waals surface area contributed by atoms with Crippen LogP contribution in [0, 0.1) is 0 Å². The first-order valence-electron chi connectivity index (χ1n) is 4.94. The van der Waals surface area contributed by atoms with Crippen molar-refractivity contribution in [2.24, 2.45) is 0 Å². The molecule has 0 saturated heterocycles. The molecule has 1 aromatic carbocycles. The molecule has 0 radical (unpaired) electrons. The van der Waals surface area contributed by atoms with Gasteiger partial charge in [-0.15, -0.1) is 0 Å². The van der Waals surface area contributed by atoms with Gasteiger partial charge in [-0.2, -0.15) is 19.6 Å². The van der Waals surface area contributed by atoms with Crippen molar-refractivity contribution < 1.29 is 10.2 Å².